The van der Waals surface area contributed by atoms with Crippen LogP contribution >= 0.6 is 0 Å². The van der Waals surface area contributed by atoms with Gasteiger partial charge in [-0.3, -0.25) is 4.79 Å². The van der Waals surface area contributed by atoms with Crippen molar-refractivity contribution in [3.63, 3.8) is 0 Å². The number of carbonyl (C=O) groups is 1. The second kappa shape index (κ2) is 6.82. The molecule has 2 aromatic rings. The van der Waals surface area contributed by atoms with Crippen LogP contribution in [0.4, 0.5) is 13.2 Å². The number of aryl methyl sites for hydroxylation is 1. The van der Waals surface area contributed by atoms with Crippen LogP contribution in [0.2, 0.25) is 0 Å². The highest BCUT2D eigenvalue weighted by Crippen LogP contribution is 2.33. The zero-order valence-corrected chi connectivity index (χ0v) is 13.8. The predicted molar refractivity (Wildman–Crippen MR) is 86.1 cm³/mol. The molecule has 1 saturated heterocycles. The Labute approximate surface area is 143 Å². The molecule has 0 radical (unpaired) electrons. The van der Waals surface area contributed by atoms with Crippen LogP contribution in [0, 0.1) is 6.92 Å². The smallest absolute Gasteiger partial charge is 0.339 e. The first-order valence-corrected chi connectivity index (χ1v) is 8.10. The van der Waals surface area contributed by atoms with Gasteiger partial charge in [-0.2, -0.15) is 23.4 Å². The van der Waals surface area contributed by atoms with Crippen molar-refractivity contribution in [3.8, 4) is 0 Å². The zero-order valence-electron chi connectivity index (χ0n) is 13.8. The van der Waals surface area contributed by atoms with Gasteiger partial charge in [0.2, 0.25) is 0 Å². The van der Waals surface area contributed by atoms with Crippen molar-refractivity contribution in [2.24, 2.45) is 0 Å². The first-order valence-electron chi connectivity index (χ1n) is 8.10. The predicted octanol–water partition coefficient (Wildman–Crippen LogP) is 3.82. The maximum absolute atomic E-state index is 12.6. The van der Waals surface area contributed by atoms with Crippen LogP contribution in [0.25, 0.3) is 0 Å². The Morgan fingerprint density at radius 3 is 2.36 bits per heavy atom. The van der Waals surface area contributed by atoms with Gasteiger partial charge in [-0.1, -0.05) is 12.1 Å². The molecule has 1 aromatic heterocycles. The number of piperidine rings is 1. The number of nitrogens with zero attached hydrogens (tertiary/aromatic N) is 3. The van der Waals surface area contributed by atoms with Gasteiger partial charge in [-0.15, -0.1) is 0 Å². The molecule has 1 aromatic carbocycles. The first kappa shape index (κ1) is 17.4. The summed E-state index contributed by atoms with van der Waals surface area (Å²) in [5, 5.41) is 7.64. The van der Waals surface area contributed by atoms with Gasteiger partial charge in [0.1, 0.15) is 0 Å². The molecule has 132 valence electrons. The monoisotopic (exact) mass is 349 g/mol. The number of benzene rings is 1. The SMILES string of the molecule is Cc1cc(C(=O)N2CCC(c3ccc(C(F)(F)F)cc3)CC2)cnn1. The summed E-state index contributed by atoms with van der Waals surface area (Å²) in [6.45, 7) is 2.93. The standard InChI is InChI=1S/C18H18F3N3O/c1-12-10-15(11-22-23-12)17(25)24-8-6-14(7-9-24)13-2-4-16(5-3-13)18(19,20)21/h2-5,10-11,14H,6-9H2,1H3. The third kappa shape index (κ3) is 3.97. The Hall–Kier alpha value is -2.44. The van der Waals surface area contributed by atoms with E-state index in [1.807, 2.05) is 0 Å². The molecule has 3 rings (SSSR count). The molecule has 0 saturated carbocycles. The zero-order chi connectivity index (χ0) is 18.0. The van der Waals surface area contributed by atoms with E-state index < -0.39 is 11.7 Å². The van der Waals surface area contributed by atoms with Crippen molar-refractivity contribution in [2.45, 2.75) is 31.9 Å². The molecular formula is C18H18F3N3O. The average Bonchev–Trinajstić information content (AvgIpc) is 2.61. The normalized spacial score (nSPS) is 16.1. The summed E-state index contributed by atoms with van der Waals surface area (Å²) >= 11 is 0. The summed E-state index contributed by atoms with van der Waals surface area (Å²) < 4.78 is 37.9. The molecule has 25 heavy (non-hydrogen) atoms. The fourth-order valence-corrected chi connectivity index (χ4v) is 3.13. The van der Waals surface area contributed by atoms with Gasteiger partial charge in [0.25, 0.3) is 5.91 Å². The topological polar surface area (TPSA) is 46.1 Å². The van der Waals surface area contributed by atoms with Crippen LogP contribution in [0.5, 0.6) is 0 Å². The van der Waals surface area contributed by atoms with Crippen molar-refractivity contribution >= 4 is 5.91 Å². The van der Waals surface area contributed by atoms with E-state index in [-0.39, 0.29) is 11.8 Å². The van der Waals surface area contributed by atoms with Crippen LogP contribution in [0.15, 0.2) is 36.5 Å². The van der Waals surface area contributed by atoms with Crippen LogP contribution in [-0.4, -0.2) is 34.1 Å². The maximum Gasteiger partial charge on any atom is 0.416 e. The molecule has 7 heteroatoms. The van der Waals surface area contributed by atoms with E-state index in [9.17, 15) is 18.0 Å². The number of likely N-dealkylation sites (tertiary alicyclic amines) is 1. The van der Waals surface area contributed by atoms with Crippen molar-refractivity contribution < 1.29 is 18.0 Å². The van der Waals surface area contributed by atoms with E-state index in [4.69, 9.17) is 0 Å². The Morgan fingerprint density at radius 1 is 1.16 bits per heavy atom. The van der Waals surface area contributed by atoms with Crippen molar-refractivity contribution in [2.75, 3.05) is 13.1 Å². The van der Waals surface area contributed by atoms with Crippen molar-refractivity contribution in [1.82, 2.24) is 15.1 Å². The average molecular weight is 349 g/mol. The first-order chi connectivity index (χ1) is 11.8. The van der Waals surface area contributed by atoms with Gasteiger partial charge in [0.15, 0.2) is 0 Å². The van der Waals surface area contributed by atoms with Gasteiger partial charge < -0.3 is 4.90 Å². The van der Waals surface area contributed by atoms with E-state index in [0.717, 1.165) is 30.5 Å². The number of alkyl halides is 3. The van der Waals surface area contributed by atoms with Crippen LogP contribution in [-0.2, 0) is 6.18 Å². The lowest BCUT2D eigenvalue weighted by molar-refractivity contribution is -0.137. The second-order valence-corrected chi connectivity index (χ2v) is 6.27. The summed E-state index contributed by atoms with van der Waals surface area (Å²) in [6, 6.07) is 7.04. The number of hydrogen-bond donors (Lipinski definition) is 0. The number of amides is 1. The minimum atomic E-state index is -4.31. The van der Waals surface area contributed by atoms with E-state index in [0.29, 0.717) is 24.3 Å². The largest absolute Gasteiger partial charge is 0.416 e. The summed E-state index contributed by atoms with van der Waals surface area (Å²) in [4.78, 5) is 14.2. The molecule has 0 atom stereocenters. The van der Waals surface area contributed by atoms with E-state index >= 15 is 0 Å². The summed E-state index contributed by atoms with van der Waals surface area (Å²) in [5.41, 5.74) is 1.46. The maximum atomic E-state index is 12.6. The minimum Gasteiger partial charge on any atom is -0.339 e. The molecule has 0 spiro atoms. The Balaban J connectivity index is 1.63. The second-order valence-electron chi connectivity index (χ2n) is 6.27. The van der Waals surface area contributed by atoms with Crippen LogP contribution in [0.1, 0.15) is 45.9 Å². The van der Waals surface area contributed by atoms with E-state index in [2.05, 4.69) is 10.2 Å². The van der Waals surface area contributed by atoms with Crippen molar-refractivity contribution in [3.05, 3.63) is 58.9 Å². The number of hydrogen-bond acceptors (Lipinski definition) is 3. The molecule has 0 N–H and O–H groups in total. The number of aromatic nitrogens is 2. The van der Waals surface area contributed by atoms with Gasteiger partial charge in [0, 0.05) is 13.1 Å². The quantitative estimate of drug-likeness (QED) is 0.828. The van der Waals surface area contributed by atoms with E-state index in [1.165, 1.54) is 6.20 Å². The number of halogens is 3. The highest BCUT2D eigenvalue weighted by atomic mass is 19.4. The summed E-state index contributed by atoms with van der Waals surface area (Å²) in [7, 11) is 0. The highest BCUT2D eigenvalue weighted by molar-refractivity contribution is 5.94. The molecule has 1 amide bonds. The summed E-state index contributed by atoms with van der Waals surface area (Å²) in [5.74, 6) is 0.0903. The molecule has 0 bridgehead atoms. The lowest BCUT2D eigenvalue weighted by atomic mass is 9.89. The molecule has 2 heterocycles. The van der Waals surface area contributed by atoms with Gasteiger partial charge in [0.05, 0.1) is 23.0 Å². The van der Waals surface area contributed by atoms with Crippen LogP contribution in [0.3, 0.4) is 0 Å². The van der Waals surface area contributed by atoms with E-state index in [1.54, 1.807) is 30.0 Å². The molecular weight excluding hydrogens is 331 g/mol. The highest BCUT2D eigenvalue weighted by Gasteiger charge is 2.31. The third-order valence-corrected chi connectivity index (χ3v) is 4.52. The third-order valence-electron chi connectivity index (χ3n) is 4.52. The molecule has 1 aliphatic rings. The molecule has 0 unspecified atom stereocenters. The van der Waals surface area contributed by atoms with Gasteiger partial charge in [-0.05, 0) is 49.4 Å². The lowest BCUT2D eigenvalue weighted by Crippen LogP contribution is -2.38. The Kier molecular flexibility index (Phi) is 4.74. The fraction of sp³-hybridized carbons (Fsp3) is 0.389. The molecule has 1 aliphatic heterocycles. The fourth-order valence-electron chi connectivity index (χ4n) is 3.13. The Morgan fingerprint density at radius 2 is 1.80 bits per heavy atom. The minimum absolute atomic E-state index is 0.0798. The molecule has 1 fully saturated rings. The lowest BCUT2D eigenvalue weighted by Gasteiger charge is -2.32. The van der Waals surface area contributed by atoms with Crippen molar-refractivity contribution in [1.29, 1.82) is 0 Å². The van der Waals surface area contributed by atoms with Crippen LogP contribution < -0.4 is 0 Å². The Bertz CT molecular complexity index is 751. The molecule has 4 nitrogen and oxygen atoms in total. The molecule has 0 aliphatic carbocycles. The van der Waals surface area contributed by atoms with Gasteiger partial charge >= 0.3 is 6.18 Å². The number of rotatable bonds is 2. The van der Waals surface area contributed by atoms with Gasteiger partial charge in [-0.25, -0.2) is 0 Å². The summed E-state index contributed by atoms with van der Waals surface area (Å²) in [6.07, 6.45) is -1.40. The number of carbonyl (C=O) groups excluding carboxylic acids is 1.